The minimum absolute atomic E-state index is 0.0126. The molecule has 12 heteroatoms. The molecular weight excluding hydrogens is 865 g/mol. The number of benzene rings is 7. The maximum atomic E-state index is 16.7. The van der Waals surface area contributed by atoms with Crippen molar-refractivity contribution in [3.63, 3.8) is 0 Å². The number of ketones is 2. The van der Waals surface area contributed by atoms with Crippen LogP contribution in [0.2, 0.25) is 0 Å². The summed E-state index contributed by atoms with van der Waals surface area (Å²) < 4.78 is 13.8. The number of Topliss-reactive ketones (excluding diaryl/α,β-unsaturated/α-hetero) is 1. The van der Waals surface area contributed by atoms with E-state index in [4.69, 9.17) is 9.47 Å². The predicted octanol–water partition coefficient (Wildman–Crippen LogP) is 9.32. The highest BCUT2D eigenvalue weighted by atomic mass is 16.5. The van der Waals surface area contributed by atoms with E-state index in [1.54, 1.807) is 72.8 Å². The maximum absolute atomic E-state index is 16.7. The van der Waals surface area contributed by atoms with Gasteiger partial charge in [0.05, 0.1) is 23.2 Å². The Morgan fingerprint density at radius 2 is 0.897 bits per heavy atom. The quantitative estimate of drug-likeness (QED) is 0.0759. The van der Waals surface area contributed by atoms with E-state index in [0.717, 1.165) is 0 Å². The van der Waals surface area contributed by atoms with Crippen molar-refractivity contribution in [3.05, 3.63) is 201 Å². The molecule has 68 heavy (non-hydrogen) atoms. The predicted molar refractivity (Wildman–Crippen MR) is 244 cm³/mol. The maximum Gasteiger partial charge on any atom is 0.166 e. The van der Waals surface area contributed by atoms with Crippen LogP contribution in [0.3, 0.4) is 0 Å². The van der Waals surface area contributed by atoms with Crippen LogP contribution in [0.4, 0.5) is 0 Å². The molecule has 12 nitrogen and oxygen atoms in total. The fraction of sp³-hybridized carbons (Fsp3) is 0.179. The van der Waals surface area contributed by atoms with Crippen LogP contribution in [0, 0.1) is 11.3 Å². The van der Waals surface area contributed by atoms with Gasteiger partial charge in [0, 0.05) is 58.6 Å². The molecule has 1 spiro atoms. The number of aromatic hydroxyl groups is 8. The summed E-state index contributed by atoms with van der Waals surface area (Å²) in [7, 11) is 0. The summed E-state index contributed by atoms with van der Waals surface area (Å²) >= 11 is 0. The molecule has 13 rings (SSSR count). The van der Waals surface area contributed by atoms with Crippen molar-refractivity contribution in [3.8, 4) is 57.5 Å². The van der Waals surface area contributed by atoms with Crippen LogP contribution in [0.25, 0.3) is 0 Å². The first-order valence-corrected chi connectivity index (χ1v) is 22.4. The fourth-order valence-electron chi connectivity index (χ4n) is 13.4. The highest BCUT2D eigenvalue weighted by Crippen LogP contribution is 2.80. The van der Waals surface area contributed by atoms with Crippen LogP contribution in [0.1, 0.15) is 103 Å². The fourth-order valence-corrected chi connectivity index (χ4v) is 13.4. The zero-order chi connectivity index (χ0) is 46.7. The van der Waals surface area contributed by atoms with E-state index in [1.807, 2.05) is 0 Å². The Balaban J connectivity index is 1.21. The number of hydrogen-bond acceptors (Lipinski definition) is 12. The Morgan fingerprint density at radius 1 is 0.397 bits per heavy atom. The number of allylic oxidation sites excluding steroid dienone is 1. The SMILES string of the molecule is O=C1C=C2[C@@H]3c4c(cc(O)cc4[C@H]4c5c(O)cc6c(c5[C@@H]5[C@@H](c7ccc(O)cc7)[C@@H]1C(=O)[C@@]25[C@H]4c1ccc(O)cc1)[C@@H](c1cc(O)cc(O)c1)[C@H](c1ccc(O)cc1)O6)O[C@H]3c1ccc(O)cc1. The number of fused-ring (bicyclic) bond motifs is 9. The van der Waals surface area contributed by atoms with Crippen LogP contribution < -0.4 is 9.47 Å². The molecule has 8 N–H and O–H groups in total. The van der Waals surface area contributed by atoms with Crippen molar-refractivity contribution < 1.29 is 59.9 Å². The highest BCUT2D eigenvalue weighted by molar-refractivity contribution is 6.18. The molecule has 0 aromatic heterocycles. The van der Waals surface area contributed by atoms with Gasteiger partial charge in [-0.05, 0) is 117 Å². The first-order valence-electron chi connectivity index (χ1n) is 22.4. The van der Waals surface area contributed by atoms with Gasteiger partial charge in [0.15, 0.2) is 11.6 Å². The molecule has 336 valence electrons. The van der Waals surface area contributed by atoms with Gasteiger partial charge in [0.2, 0.25) is 0 Å². The summed E-state index contributed by atoms with van der Waals surface area (Å²) in [5.74, 6) is -7.69. The Labute approximate surface area is 387 Å². The molecule has 4 aliphatic carbocycles. The number of rotatable bonds is 5. The highest BCUT2D eigenvalue weighted by Gasteiger charge is 2.76. The lowest BCUT2D eigenvalue weighted by molar-refractivity contribution is -0.135. The monoisotopic (exact) mass is 904 g/mol. The number of carbonyl (C=O) groups excluding carboxylic acids is 2. The molecule has 6 aliphatic rings. The molecule has 7 aromatic rings. The minimum atomic E-state index is -1.64. The first-order chi connectivity index (χ1) is 32.8. The zero-order valence-corrected chi connectivity index (χ0v) is 35.7. The average Bonchev–Trinajstić information content (AvgIpc) is 3.92. The Bertz CT molecular complexity index is 3340. The van der Waals surface area contributed by atoms with Gasteiger partial charge < -0.3 is 50.3 Å². The van der Waals surface area contributed by atoms with E-state index in [9.17, 15) is 40.9 Å². The number of hydrogen-bond donors (Lipinski definition) is 8. The molecule has 2 heterocycles. The van der Waals surface area contributed by atoms with Crippen molar-refractivity contribution in [2.75, 3.05) is 0 Å². The number of phenolic OH excluding ortho intramolecular Hbond substituents is 8. The van der Waals surface area contributed by atoms with Crippen LogP contribution in [-0.2, 0) is 9.59 Å². The largest absolute Gasteiger partial charge is 0.508 e. The third kappa shape index (κ3) is 5.25. The van der Waals surface area contributed by atoms with Gasteiger partial charge in [-0.15, -0.1) is 0 Å². The Kier molecular flexibility index (Phi) is 8.12. The summed E-state index contributed by atoms with van der Waals surface area (Å²) in [6.07, 6.45) is -0.143. The van der Waals surface area contributed by atoms with Gasteiger partial charge >= 0.3 is 0 Å². The Morgan fingerprint density at radius 3 is 1.47 bits per heavy atom. The average molecular weight is 905 g/mol. The first kappa shape index (κ1) is 39.9. The van der Waals surface area contributed by atoms with Crippen molar-refractivity contribution in [1.29, 1.82) is 0 Å². The molecule has 0 saturated heterocycles. The van der Waals surface area contributed by atoms with Gasteiger partial charge in [-0.1, -0.05) is 48.5 Å². The molecule has 1 fully saturated rings. The van der Waals surface area contributed by atoms with Crippen LogP contribution in [-0.4, -0.2) is 52.4 Å². The van der Waals surface area contributed by atoms with Crippen molar-refractivity contribution in [1.82, 2.24) is 0 Å². The standard InChI is InChI=1S/C56H40O12/c57-29-9-1-24(2-10-29)42-48-38(64)22-37-46-44-36(20-35(63)21-40(44)67-54(46)27-7-15-32(60)16-8-27)45-47-39(65)23-41-49(50(47)52(42)56(37,55(48)66)51(45)25-3-11-30(58)12-4-25)43(28-17-33(61)19-34(62)18-28)53(68-41)26-5-13-31(59)14-6-26/h1-23,42-43,45-46,48,51-54,57-63,65H/t42-,43+,45-,46+,48+,51-,52-,53-,54-,56+/m0/s1. The molecule has 2 aliphatic heterocycles. The molecule has 7 aromatic carbocycles. The zero-order valence-electron chi connectivity index (χ0n) is 35.7. The summed E-state index contributed by atoms with van der Waals surface area (Å²) in [5.41, 5.74) is 4.33. The van der Waals surface area contributed by atoms with Crippen LogP contribution in [0.15, 0.2) is 145 Å². The lowest BCUT2D eigenvalue weighted by Gasteiger charge is -2.52. The third-order valence-corrected chi connectivity index (χ3v) is 15.6. The second kappa shape index (κ2) is 13.8. The molecule has 1 saturated carbocycles. The molecule has 0 radical (unpaired) electrons. The molecule has 0 amide bonds. The Hall–Kier alpha value is -8.38. The number of phenols is 8. The molecule has 10 atom stereocenters. The number of ether oxygens (including phenoxy) is 2. The van der Waals surface area contributed by atoms with Crippen molar-refractivity contribution in [2.24, 2.45) is 11.3 Å². The van der Waals surface area contributed by atoms with E-state index >= 15 is 9.59 Å². The molecule has 0 unspecified atom stereocenters. The van der Waals surface area contributed by atoms with Crippen molar-refractivity contribution >= 4 is 11.6 Å². The second-order valence-corrected chi connectivity index (χ2v) is 18.9. The summed E-state index contributed by atoms with van der Waals surface area (Å²) in [6, 6.07) is 35.0. The molecular formula is C56H40O12. The normalized spacial score (nSPS) is 27.6. The van der Waals surface area contributed by atoms with Gasteiger partial charge in [-0.25, -0.2) is 0 Å². The lowest BCUT2D eigenvalue weighted by atomic mass is 9.48. The number of carbonyl (C=O) groups is 2. The van der Waals surface area contributed by atoms with Gasteiger partial charge in [-0.2, -0.15) is 0 Å². The van der Waals surface area contributed by atoms with E-state index < -0.39 is 64.8 Å². The minimum Gasteiger partial charge on any atom is -0.508 e. The second-order valence-electron chi connectivity index (χ2n) is 18.9. The van der Waals surface area contributed by atoms with Crippen molar-refractivity contribution in [2.45, 2.75) is 47.7 Å². The van der Waals surface area contributed by atoms with E-state index in [0.29, 0.717) is 67.0 Å². The van der Waals surface area contributed by atoms with Gasteiger partial charge in [-0.3, -0.25) is 9.59 Å². The molecule has 3 bridgehead atoms. The summed E-state index contributed by atoms with van der Waals surface area (Å²) in [5, 5.41) is 89.3. The van der Waals surface area contributed by atoms with Crippen LogP contribution >= 0.6 is 0 Å². The lowest BCUT2D eigenvalue weighted by Crippen LogP contribution is -2.49. The van der Waals surface area contributed by atoms with Gasteiger partial charge in [0.1, 0.15) is 69.7 Å². The smallest absolute Gasteiger partial charge is 0.166 e. The van der Waals surface area contributed by atoms with E-state index in [1.165, 1.54) is 66.7 Å². The summed E-state index contributed by atoms with van der Waals surface area (Å²) in [4.78, 5) is 32.0. The van der Waals surface area contributed by atoms with E-state index in [-0.39, 0.29) is 57.5 Å². The van der Waals surface area contributed by atoms with Crippen LogP contribution in [0.5, 0.6) is 57.5 Å². The topological polar surface area (TPSA) is 214 Å². The van der Waals surface area contributed by atoms with E-state index in [2.05, 4.69) is 0 Å². The van der Waals surface area contributed by atoms with Gasteiger partial charge in [0.25, 0.3) is 0 Å². The summed E-state index contributed by atoms with van der Waals surface area (Å²) in [6.45, 7) is 0. The third-order valence-electron chi connectivity index (χ3n) is 15.6.